The van der Waals surface area contributed by atoms with Crippen LogP contribution in [0.15, 0.2) is 30.3 Å². The lowest BCUT2D eigenvalue weighted by molar-refractivity contribution is -0.0979. The second-order valence-corrected chi connectivity index (χ2v) is 4.68. The molecule has 6 nitrogen and oxygen atoms in total. The number of aromatic hydroxyl groups is 2. The first-order valence-electron chi connectivity index (χ1n) is 6.75. The van der Waals surface area contributed by atoms with E-state index in [1.165, 1.54) is 12.1 Å². The number of aliphatic hydroxyl groups excluding tert-OH is 1. The van der Waals surface area contributed by atoms with Crippen molar-refractivity contribution in [3.8, 4) is 23.6 Å². The Kier molecular flexibility index (Phi) is 8.94. The number of nitriles is 2. The predicted molar refractivity (Wildman–Crippen MR) is 88.2 cm³/mol. The van der Waals surface area contributed by atoms with Gasteiger partial charge in [0.25, 0.3) is 0 Å². The summed E-state index contributed by atoms with van der Waals surface area (Å²) in [7, 11) is 0. The highest BCUT2D eigenvalue weighted by Gasteiger charge is 2.05. The first kappa shape index (κ1) is 20.6. The van der Waals surface area contributed by atoms with E-state index < -0.39 is 0 Å². The number of carbonyl (C=O) groups excluding carboxylic acids is 1. The van der Waals surface area contributed by atoms with Gasteiger partial charge in [-0.3, -0.25) is 0 Å². The molecule has 0 atom stereocenters. The van der Waals surface area contributed by atoms with E-state index in [2.05, 4.69) is 0 Å². The fourth-order valence-electron chi connectivity index (χ4n) is 1.76. The number of carbonyl (C=O) groups is 1. The largest absolute Gasteiger partial charge is 0.508 e. The van der Waals surface area contributed by atoms with Gasteiger partial charge in [-0.25, -0.2) is 0 Å². The van der Waals surface area contributed by atoms with Crippen LogP contribution in [-0.2, 0) is 11.4 Å². The van der Waals surface area contributed by atoms with Gasteiger partial charge in [-0.05, 0) is 55.3 Å². The van der Waals surface area contributed by atoms with E-state index in [4.69, 9.17) is 25.5 Å². The molecule has 0 heterocycles. The molecule has 2 aromatic carbocycles. The van der Waals surface area contributed by atoms with Crippen molar-refractivity contribution in [1.29, 1.82) is 10.5 Å². The average Bonchev–Trinajstić information content (AvgIpc) is 2.61. The summed E-state index contributed by atoms with van der Waals surface area (Å²) >= 11 is 0. The van der Waals surface area contributed by atoms with Crippen LogP contribution in [-0.4, -0.2) is 22.1 Å². The number of phenols is 2. The van der Waals surface area contributed by atoms with Crippen molar-refractivity contribution in [1.82, 2.24) is 0 Å². The zero-order valence-corrected chi connectivity index (χ0v) is 13.4. The molecule has 0 unspecified atom stereocenters. The third-order valence-electron chi connectivity index (χ3n) is 3.00. The van der Waals surface area contributed by atoms with E-state index in [0.29, 0.717) is 22.3 Å². The van der Waals surface area contributed by atoms with Gasteiger partial charge in [0.15, 0.2) is 0 Å². The molecular formula is C18H18N2O4. The molecule has 0 aliphatic carbocycles. The average molecular weight is 326 g/mol. The first-order valence-corrected chi connectivity index (χ1v) is 6.75. The third-order valence-corrected chi connectivity index (χ3v) is 3.00. The summed E-state index contributed by atoms with van der Waals surface area (Å²) in [5, 5.41) is 44.2. The molecule has 0 radical (unpaired) electrons. The van der Waals surface area contributed by atoms with Gasteiger partial charge < -0.3 is 20.1 Å². The molecule has 0 saturated carbocycles. The van der Waals surface area contributed by atoms with Crippen LogP contribution < -0.4 is 0 Å². The van der Waals surface area contributed by atoms with Crippen LogP contribution in [0.5, 0.6) is 11.5 Å². The van der Waals surface area contributed by atoms with Crippen LogP contribution in [0.1, 0.15) is 27.8 Å². The van der Waals surface area contributed by atoms with E-state index in [0.717, 1.165) is 5.56 Å². The van der Waals surface area contributed by atoms with Crippen molar-refractivity contribution >= 4 is 6.79 Å². The summed E-state index contributed by atoms with van der Waals surface area (Å²) in [6.45, 7) is 5.20. The van der Waals surface area contributed by atoms with Crippen molar-refractivity contribution in [2.24, 2.45) is 0 Å². The van der Waals surface area contributed by atoms with E-state index in [9.17, 15) is 5.11 Å². The van der Waals surface area contributed by atoms with Crippen molar-refractivity contribution in [2.45, 2.75) is 20.5 Å². The predicted octanol–water partition coefficient (Wildman–Crippen LogP) is 2.45. The zero-order valence-electron chi connectivity index (χ0n) is 13.4. The van der Waals surface area contributed by atoms with Crippen LogP contribution in [0, 0.1) is 36.5 Å². The van der Waals surface area contributed by atoms with Gasteiger partial charge in [0.05, 0.1) is 29.9 Å². The third kappa shape index (κ3) is 5.80. The van der Waals surface area contributed by atoms with Crippen LogP contribution in [0.2, 0.25) is 0 Å². The Bertz CT molecular complexity index is 774. The summed E-state index contributed by atoms with van der Waals surface area (Å²) in [5.74, 6) is 0.301. The SMILES string of the molecule is C=O.Cc1cc(C#N)cc(CO)c1O.Cc1cc(C#N)ccc1O. The minimum absolute atomic E-state index is 0.0662. The zero-order chi connectivity index (χ0) is 18.7. The smallest absolute Gasteiger partial charge is 0.124 e. The fourth-order valence-corrected chi connectivity index (χ4v) is 1.76. The topological polar surface area (TPSA) is 125 Å². The van der Waals surface area contributed by atoms with Crippen molar-refractivity contribution < 1.29 is 20.1 Å². The van der Waals surface area contributed by atoms with E-state index >= 15 is 0 Å². The Morgan fingerprint density at radius 2 is 1.50 bits per heavy atom. The Morgan fingerprint density at radius 1 is 0.958 bits per heavy atom. The van der Waals surface area contributed by atoms with Crippen molar-refractivity contribution in [2.75, 3.05) is 0 Å². The van der Waals surface area contributed by atoms with Crippen LogP contribution in [0.4, 0.5) is 0 Å². The molecular weight excluding hydrogens is 308 g/mol. The summed E-state index contributed by atoms with van der Waals surface area (Å²) in [4.78, 5) is 8.00. The number of aliphatic hydroxyl groups is 1. The van der Waals surface area contributed by atoms with E-state index in [-0.39, 0.29) is 18.1 Å². The highest BCUT2D eigenvalue weighted by molar-refractivity contribution is 5.46. The molecule has 6 heteroatoms. The molecule has 3 N–H and O–H groups in total. The molecule has 0 bridgehead atoms. The van der Waals surface area contributed by atoms with Gasteiger partial charge >= 0.3 is 0 Å². The Balaban J connectivity index is 0.000000405. The number of phenolic OH excluding ortho intramolecular Hbond substituents is 1. The standard InChI is InChI=1S/C9H9NO2.C8H7NO.CH2O/c1-6-2-7(4-10)3-8(5-11)9(6)12;1-6-4-7(5-9)2-3-8(6)10;1-2/h2-3,11-12H,5H2,1H3;2-4,10H,1H3;1H2. The van der Waals surface area contributed by atoms with E-state index in [1.807, 2.05) is 18.9 Å². The molecule has 2 rings (SSSR count). The molecule has 24 heavy (non-hydrogen) atoms. The Morgan fingerprint density at radius 3 is 1.96 bits per heavy atom. The second kappa shape index (κ2) is 10.4. The molecule has 0 saturated heterocycles. The molecule has 0 amide bonds. The molecule has 0 aromatic heterocycles. The lowest BCUT2D eigenvalue weighted by Crippen LogP contribution is -1.89. The minimum Gasteiger partial charge on any atom is -0.508 e. The molecule has 124 valence electrons. The number of rotatable bonds is 1. The van der Waals surface area contributed by atoms with E-state index in [1.54, 1.807) is 32.0 Å². The maximum absolute atomic E-state index is 9.35. The number of hydrogen-bond donors (Lipinski definition) is 3. The van der Waals surface area contributed by atoms with Gasteiger partial charge in [0, 0.05) is 5.56 Å². The van der Waals surface area contributed by atoms with Crippen LogP contribution >= 0.6 is 0 Å². The Labute approximate surface area is 140 Å². The quantitative estimate of drug-likeness (QED) is 0.739. The molecule has 2 aromatic rings. The summed E-state index contributed by atoms with van der Waals surface area (Å²) in [6, 6.07) is 11.7. The minimum atomic E-state index is -0.248. The van der Waals surface area contributed by atoms with Gasteiger partial charge in [-0.15, -0.1) is 0 Å². The fraction of sp³-hybridized carbons (Fsp3) is 0.167. The van der Waals surface area contributed by atoms with Crippen molar-refractivity contribution in [3.63, 3.8) is 0 Å². The highest BCUT2D eigenvalue weighted by Crippen LogP contribution is 2.23. The normalized spacial score (nSPS) is 8.54. The summed E-state index contributed by atoms with van der Waals surface area (Å²) in [6.07, 6.45) is 0. The van der Waals surface area contributed by atoms with Crippen molar-refractivity contribution in [3.05, 3.63) is 58.1 Å². The van der Waals surface area contributed by atoms with Gasteiger partial charge in [-0.2, -0.15) is 10.5 Å². The first-order chi connectivity index (χ1) is 11.4. The van der Waals surface area contributed by atoms with Gasteiger partial charge in [0.2, 0.25) is 0 Å². The lowest BCUT2D eigenvalue weighted by atomic mass is 10.1. The number of hydrogen-bond acceptors (Lipinski definition) is 6. The maximum Gasteiger partial charge on any atom is 0.124 e. The van der Waals surface area contributed by atoms with Gasteiger partial charge in [0.1, 0.15) is 18.3 Å². The highest BCUT2D eigenvalue weighted by atomic mass is 16.3. The van der Waals surface area contributed by atoms with Crippen LogP contribution in [0.3, 0.4) is 0 Å². The maximum atomic E-state index is 9.35. The number of benzene rings is 2. The molecule has 0 spiro atoms. The molecule has 0 fully saturated rings. The monoisotopic (exact) mass is 326 g/mol. The summed E-state index contributed by atoms with van der Waals surface area (Å²) < 4.78 is 0. The molecule has 0 aliphatic heterocycles. The molecule has 0 aliphatic rings. The Hall–Kier alpha value is -3.35. The number of aryl methyl sites for hydroxylation is 2. The lowest BCUT2D eigenvalue weighted by Gasteiger charge is -2.04. The number of nitrogens with zero attached hydrogens (tertiary/aromatic N) is 2. The summed E-state index contributed by atoms with van der Waals surface area (Å²) in [5.41, 5.74) is 2.77. The van der Waals surface area contributed by atoms with Gasteiger partial charge in [-0.1, -0.05) is 0 Å². The van der Waals surface area contributed by atoms with Crippen LogP contribution in [0.25, 0.3) is 0 Å². The second-order valence-electron chi connectivity index (χ2n) is 4.68.